The topological polar surface area (TPSA) is 64.3 Å². The minimum Gasteiger partial charge on any atom is -0.378 e. The summed E-state index contributed by atoms with van der Waals surface area (Å²) < 4.78 is 5.67. The molecule has 0 aromatic heterocycles. The fraction of sp³-hybridized carbons (Fsp3) is 0.588. The van der Waals surface area contributed by atoms with Gasteiger partial charge in [0.05, 0.1) is 12.1 Å². The molecule has 0 heterocycles. The average molecular weight is 325 g/mol. The molecule has 1 aromatic rings. The SMILES string of the molecule is CCOC1CC(N)(C(=O)NC(C)c2ccc(Cl)cc2)C1(C)C. The summed E-state index contributed by atoms with van der Waals surface area (Å²) in [5.41, 5.74) is 6.10. The number of rotatable bonds is 5. The van der Waals surface area contributed by atoms with Crippen LogP contribution < -0.4 is 11.1 Å². The second kappa shape index (κ2) is 6.19. The molecule has 2 rings (SSSR count). The highest BCUT2D eigenvalue weighted by molar-refractivity contribution is 6.30. The van der Waals surface area contributed by atoms with Crippen molar-refractivity contribution in [2.75, 3.05) is 6.61 Å². The van der Waals surface area contributed by atoms with E-state index in [2.05, 4.69) is 5.32 Å². The van der Waals surface area contributed by atoms with E-state index in [-0.39, 0.29) is 23.5 Å². The first-order valence-corrected chi connectivity index (χ1v) is 8.07. The summed E-state index contributed by atoms with van der Waals surface area (Å²) in [6, 6.07) is 7.33. The number of nitrogens with one attached hydrogen (secondary N) is 1. The number of halogens is 1. The lowest BCUT2D eigenvalue weighted by atomic mass is 9.54. The van der Waals surface area contributed by atoms with Gasteiger partial charge in [0.1, 0.15) is 5.54 Å². The first kappa shape index (κ1) is 17.3. The van der Waals surface area contributed by atoms with E-state index in [9.17, 15) is 4.79 Å². The van der Waals surface area contributed by atoms with Crippen molar-refractivity contribution in [3.8, 4) is 0 Å². The number of ether oxygens (including phenoxy) is 1. The maximum Gasteiger partial charge on any atom is 0.241 e. The summed E-state index contributed by atoms with van der Waals surface area (Å²) in [7, 11) is 0. The van der Waals surface area contributed by atoms with Crippen LogP contribution in [0.5, 0.6) is 0 Å². The maximum absolute atomic E-state index is 12.6. The van der Waals surface area contributed by atoms with Gasteiger partial charge in [-0.1, -0.05) is 37.6 Å². The Morgan fingerprint density at radius 1 is 1.45 bits per heavy atom. The van der Waals surface area contributed by atoms with Crippen LogP contribution in [0.25, 0.3) is 0 Å². The monoisotopic (exact) mass is 324 g/mol. The molecule has 22 heavy (non-hydrogen) atoms. The Morgan fingerprint density at radius 3 is 2.55 bits per heavy atom. The number of hydrogen-bond donors (Lipinski definition) is 2. The zero-order valence-electron chi connectivity index (χ0n) is 13.7. The molecule has 0 bridgehead atoms. The van der Waals surface area contributed by atoms with Crippen LogP contribution in [0.4, 0.5) is 0 Å². The van der Waals surface area contributed by atoms with E-state index in [4.69, 9.17) is 22.1 Å². The minimum atomic E-state index is -0.895. The fourth-order valence-corrected chi connectivity index (χ4v) is 3.11. The predicted octanol–water partition coefficient (Wildman–Crippen LogP) is 3.05. The van der Waals surface area contributed by atoms with E-state index in [0.29, 0.717) is 18.1 Å². The van der Waals surface area contributed by atoms with Gasteiger partial charge >= 0.3 is 0 Å². The van der Waals surface area contributed by atoms with Crippen LogP contribution in [0.2, 0.25) is 5.02 Å². The number of benzene rings is 1. The molecule has 1 fully saturated rings. The number of carbonyl (C=O) groups excluding carboxylic acids is 1. The van der Waals surface area contributed by atoms with Gasteiger partial charge < -0.3 is 15.8 Å². The van der Waals surface area contributed by atoms with Crippen LogP contribution in [-0.2, 0) is 9.53 Å². The van der Waals surface area contributed by atoms with Crippen LogP contribution in [0, 0.1) is 5.41 Å². The Kier molecular flexibility index (Phi) is 4.85. The molecular formula is C17H25ClN2O2. The lowest BCUT2D eigenvalue weighted by Gasteiger charge is -2.57. The van der Waals surface area contributed by atoms with E-state index >= 15 is 0 Å². The molecule has 3 unspecified atom stereocenters. The summed E-state index contributed by atoms with van der Waals surface area (Å²) in [6.07, 6.45) is 0.576. The van der Waals surface area contributed by atoms with Gasteiger partial charge in [-0.25, -0.2) is 0 Å². The standard InChI is InChI=1S/C17H25ClN2O2/c1-5-22-14-10-17(19,16(14,3)4)15(21)20-11(2)12-6-8-13(18)9-7-12/h6-9,11,14H,5,10,19H2,1-4H3,(H,20,21). The molecule has 3 atom stereocenters. The van der Waals surface area contributed by atoms with Crippen LogP contribution >= 0.6 is 11.6 Å². The van der Waals surface area contributed by atoms with Gasteiger partial charge in [0, 0.05) is 23.5 Å². The quantitative estimate of drug-likeness (QED) is 0.875. The van der Waals surface area contributed by atoms with Gasteiger partial charge in [-0.05, 0) is 31.5 Å². The summed E-state index contributed by atoms with van der Waals surface area (Å²) in [5, 5.41) is 3.69. The number of carbonyl (C=O) groups is 1. The van der Waals surface area contributed by atoms with Crippen molar-refractivity contribution in [3.63, 3.8) is 0 Å². The minimum absolute atomic E-state index is 0.0269. The molecular weight excluding hydrogens is 300 g/mol. The Balaban J connectivity index is 2.04. The van der Waals surface area contributed by atoms with Crippen molar-refractivity contribution < 1.29 is 9.53 Å². The molecule has 122 valence electrons. The summed E-state index contributed by atoms with van der Waals surface area (Å²) in [6.45, 7) is 8.51. The average Bonchev–Trinajstić information content (AvgIpc) is 2.47. The normalized spacial score (nSPS) is 27.8. The molecule has 0 radical (unpaired) electrons. The highest BCUT2D eigenvalue weighted by atomic mass is 35.5. The predicted molar refractivity (Wildman–Crippen MR) is 88.7 cm³/mol. The van der Waals surface area contributed by atoms with E-state index < -0.39 is 5.54 Å². The Labute approximate surface area is 137 Å². The van der Waals surface area contributed by atoms with Crippen LogP contribution in [0.15, 0.2) is 24.3 Å². The molecule has 1 amide bonds. The number of hydrogen-bond acceptors (Lipinski definition) is 3. The lowest BCUT2D eigenvalue weighted by Crippen LogP contribution is -2.75. The Hall–Kier alpha value is -1.10. The van der Waals surface area contributed by atoms with Gasteiger partial charge in [-0.3, -0.25) is 4.79 Å². The van der Waals surface area contributed by atoms with E-state index in [1.165, 1.54) is 0 Å². The molecule has 5 heteroatoms. The second-order valence-electron chi connectivity index (χ2n) is 6.59. The molecule has 1 aliphatic rings. The molecule has 3 N–H and O–H groups in total. The molecule has 1 saturated carbocycles. The summed E-state index contributed by atoms with van der Waals surface area (Å²) in [4.78, 5) is 12.6. The summed E-state index contributed by atoms with van der Waals surface area (Å²) in [5.74, 6) is -0.129. The van der Waals surface area contributed by atoms with Crippen molar-refractivity contribution in [1.29, 1.82) is 0 Å². The first-order chi connectivity index (χ1) is 10.2. The third-order valence-electron chi connectivity index (χ3n) is 4.95. The second-order valence-corrected chi connectivity index (χ2v) is 7.02. The molecule has 0 aliphatic heterocycles. The third kappa shape index (κ3) is 2.87. The molecule has 0 spiro atoms. The molecule has 0 saturated heterocycles. The van der Waals surface area contributed by atoms with E-state index in [0.717, 1.165) is 5.56 Å². The third-order valence-corrected chi connectivity index (χ3v) is 5.20. The van der Waals surface area contributed by atoms with Gasteiger partial charge in [-0.2, -0.15) is 0 Å². The summed E-state index contributed by atoms with van der Waals surface area (Å²) >= 11 is 5.89. The maximum atomic E-state index is 12.6. The number of nitrogens with two attached hydrogens (primary N) is 1. The first-order valence-electron chi connectivity index (χ1n) is 7.69. The number of amides is 1. The van der Waals surface area contributed by atoms with E-state index in [1.807, 2.05) is 52.0 Å². The van der Waals surface area contributed by atoms with Crippen LogP contribution in [0.1, 0.15) is 45.7 Å². The Bertz CT molecular complexity index is 544. The van der Waals surface area contributed by atoms with Gasteiger partial charge in [0.2, 0.25) is 5.91 Å². The molecule has 1 aromatic carbocycles. The van der Waals surface area contributed by atoms with Crippen LogP contribution in [0.3, 0.4) is 0 Å². The van der Waals surface area contributed by atoms with Crippen LogP contribution in [-0.4, -0.2) is 24.2 Å². The van der Waals surface area contributed by atoms with E-state index in [1.54, 1.807) is 0 Å². The molecule has 1 aliphatic carbocycles. The highest BCUT2D eigenvalue weighted by Gasteiger charge is 2.62. The highest BCUT2D eigenvalue weighted by Crippen LogP contribution is 2.50. The largest absolute Gasteiger partial charge is 0.378 e. The zero-order valence-corrected chi connectivity index (χ0v) is 14.4. The zero-order chi connectivity index (χ0) is 16.5. The smallest absolute Gasteiger partial charge is 0.241 e. The van der Waals surface area contributed by atoms with Gasteiger partial charge in [0.25, 0.3) is 0 Å². The molecule has 4 nitrogen and oxygen atoms in total. The van der Waals surface area contributed by atoms with Crippen molar-refractivity contribution in [1.82, 2.24) is 5.32 Å². The van der Waals surface area contributed by atoms with Crippen molar-refractivity contribution >= 4 is 17.5 Å². The van der Waals surface area contributed by atoms with Crippen molar-refractivity contribution in [2.45, 2.75) is 51.8 Å². The fourth-order valence-electron chi connectivity index (χ4n) is 2.98. The van der Waals surface area contributed by atoms with Crippen molar-refractivity contribution in [3.05, 3.63) is 34.9 Å². The Morgan fingerprint density at radius 2 is 2.05 bits per heavy atom. The van der Waals surface area contributed by atoms with Gasteiger partial charge in [-0.15, -0.1) is 0 Å². The van der Waals surface area contributed by atoms with Gasteiger partial charge in [0.15, 0.2) is 0 Å². The lowest BCUT2D eigenvalue weighted by molar-refractivity contribution is -0.171. The van der Waals surface area contributed by atoms with Crippen molar-refractivity contribution in [2.24, 2.45) is 11.1 Å².